The molecule has 0 aromatic heterocycles. The molecular formula is C25H23BrClN3O4. The minimum absolute atomic E-state index is 0.258. The molecule has 7 nitrogen and oxygen atoms in total. The third-order valence-electron chi connectivity index (χ3n) is 4.80. The zero-order chi connectivity index (χ0) is 24.7. The Kier molecular flexibility index (Phi) is 8.67. The molecule has 0 spiro atoms. The first-order chi connectivity index (χ1) is 16.3. The van der Waals surface area contributed by atoms with E-state index in [0.29, 0.717) is 32.2 Å². The van der Waals surface area contributed by atoms with Crippen molar-refractivity contribution in [1.82, 2.24) is 5.43 Å². The Morgan fingerprint density at radius 3 is 2.56 bits per heavy atom. The van der Waals surface area contributed by atoms with Gasteiger partial charge in [-0.15, -0.1) is 0 Å². The van der Waals surface area contributed by atoms with Gasteiger partial charge in [0, 0.05) is 16.3 Å². The maximum atomic E-state index is 12.2. The van der Waals surface area contributed by atoms with Crippen LogP contribution >= 0.6 is 27.5 Å². The Balaban J connectivity index is 1.63. The quantitative estimate of drug-likeness (QED) is 0.237. The van der Waals surface area contributed by atoms with Crippen LogP contribution in [0.3, 0.4) is 0 Å². The molecule has 0 bridgehead atoms. The van der Waals surface area contributed by atoms with Gasteiger partial charge in [-0.25, -0.2) is 5.43 Å². The summed E-state index contributed by atoms with van der Waals surface area (Å²) in [5, 5.41) is 7.06. The number of aryl methyl sites for hydroxylation is 2. The second kappa shape index (κ2) is 11.7. The highest BCUT2D eigenvalue weighted by atomic mass is 79.9. The minimum Gasteiger partial charge on any atom is -0.493 e. The maximum absolute atomic E-state index is 12.2. The standard InChI is InChI=1S/C25H23BrClN3O4/c1-15-8-9-21(16(2)10-15)29-24(31)25(32)30-28-13-17-11-19(26)23(22(12-17)33-3)34-14-18-6-4-5-7-20(18)27/h4-13H,14H2,1-3H3,(H,29,31)(H,30,32). The zero-order valence-electron chi connectivity index (χ0n) is 18.8. The van der Waals surface area contributed by atoms with Gasteiger partial charge in [0.15, 0.2) is 11.5 Å². The van der Waals surface area contributed by atoms with Crippen molar-refractivity contribution in [1.29, 1.82) is 0 Å². The highest BCUT2D eigenvalue weighted by molar-refractivity contribution is 9.10. The van der Waals surface area contributed by atoms with Crippen LogP contribution in [0, 0.1) is 13.8 Å². The first-order valence-corrected chi connectivity index (χ1v) is 11.4. The molecule has 0 saturated carbocycles. The fourth-order valence-electron chi connectivity index (χ4n) is 3.07. The van der Waals surface area contributed by atoms with E-state index in [1.807, 2.05) is 44.2 Å². The van der Waals surface area contributed by atoms with Crippen molar-refractivity contribution in [3.8, 4) is 11.5 Å². The molecule has 0 aliphatic rings. The molecule has 0 atom stereocenters. The molecule has 0 heterocycles. The molecule has 0 fully saturated rings. The van der Waals surface area contributed by atoms with Crippen LogP contribution in [0.5, 0.6) is 11.5 Å². The Morgan fingerprint density at radius 2 is 1.85 bits per heavy atom. The maximum Gasteiger partial charge on any atom is 0.329 e. The molecule has 0 saturated heterocycles. The van der Waals surface area contributed by atoms with Gasteiger partial charge in [0.2, 0.25) is 0 Å². The molecule has 0 aliphatic carbocycles. The average Bonchev–Trinajstić information content (AvgIpc) is 2.80. The van der Waals surface area contributed by atoms with E-state index >= 15 is 0 Å². The Labute approximate surface area is 211 Å². The fourth-order valence-corrected chi connectivity index (χ4v) is 3.83. The number of hydrogen-bond acceptors (Lipinski definition) is 5. The summed E-state index contributed by atoms with van der Waals surface area (Å²) < 4.78 is 12.0. The van der Waals surface area contributed by atoms with Gasteiger partial charge in [0.1, 0.15) is 6.61 Å². The van der Waals surface area contributed by atoms with Crippen molar-refractivity contribution in [2.75, 3.05) is 12.4 Å². The Bertz CT molecular complexity index is 1250. The van der Waals surface area contributed by atoms with Crippen molar-refractivity contribution in [2.24, 2.45) is 5.10 Å². The molecule has 2 N–H and O–H groups in total. The molecule has 9 heteroatoms. The first kappa shape index (κ1) is 25.3. The van der Waals surface area contributed by atoms with E-state index in [0.717, 1.165) is 16.7 Å². The number of ether oxygens (including phenoxy) is 2. The molecule has 3 rings (SSSR count). The van der Waals surface area contributed by atoms with Crippen LogP contribution in [0.1, 0.15) is 22.3 Å². The minimum atomic E-state index is -0.887. The van der Waals surface area contributed by atoms with Crippen molar-refractivity contribution in [3.05, 3.63) is 86.3 Å². The highest BCUT2D eigenvalue weighted by Crippen LogP contribution is 2.37. The Hall–Kier alpha value is -3.36. The normalized spacial score (nSPS) is 10.7. The second-order valence-electron chi connectivity index (χ2n) is 7.39. The van der Waals surface area contributed by atoms with Gasteiger partial charge in [-0.1, -0.05) is 47.5 Å². The summed E-state index contributed by atoms with van der Waals surface area (Å²) in [6.45, 7) is 4.06. The zero-order valence-corrected chi connectivity index (χ0v) is 21.2. The lowest BCUT2D eigenvalue weighted by Crippen LogP contribution is -2.32. The number of benzene rings is 3. The van der Waals surface area contributed by atoms with Crippen LogP contribution in [0.2, 0.25) is 5.02 Å². The number of carbonyl (C=O) groups excluding carboxylic acids is 2. The van der Waals surface area contributed by atoms with Crippen LogP contribution < -0.4 is 20.2 Å². The number of nitrogens with one attached hydrogen (secondary N) is 2. The summed E-state index contributed by atoms with van der Waals surface area (Å²) in [4.78, 5) is 24.3. The van der Waals surface area contributed by atoms with Gasteiger partial charge in [-0.05, 0) is 65.2 Å². The number of rotatable bonds is 7. The van der Waals surface area contributed by atoms with Crippen molar-refractivity contribution < 1.29 is 19.1 Å². The molecule has 176 valence electrons. The third kappa shape index (κ3) is 6.59. The largest absolute Gasteiger partial charge is 0.493 e. The van der Waals surface area contributed by atoms with E-state index in [2.05, 4.69) is 31.8 Å². The molecule has 3 aromatic rings. The van der Waals surface area contributed by atoms with Crippen molar-refractivity contribution in [2.45, 2.75) is 20.5 Å². The molecular weight excluding hydrogens is 522 g/mol. The van der Waals surface area contributed by atoms with E-state index in [1.54, 1.807) is 24.3 Å². The van der Waals surface area contributed by atoms with Crippen LogP contribution in [-0.4, -0.2) is 25.1 Å². The van der Waals surface area contributed by atoms with Gasteiger partial charge in [-0.2, -0.15) is 5.10 Å². The summed E-state index contributed by atoms with van der Waals surface area (Å²) >= 11 is 9.66. The van der Waals surface area contributed by atoms with Gasteiger partial charge in [0.25, 0.3) is 0 Å². The summed E-state index contributed by atoms with van der Waals surface area (Å²) in [6.07, 6.45) is 1.40. The predicted molar refractivity (Wildman–Crippen MR) is 137 cm³/mol. The van der Waals surface area contributed by atoms with Gasteiger partial charge in [-0.3, -0.25) is 9.59 Å². The lowest BCUT2D eigenvalue weighted by Gasteiger charge is -2.14. The fraction of sp³-hybridized carbons (Fsp3) is 0.160. The van der Waals surface area contributed by atoms with E-state index in [9.17, 15) is 9.59 Å². The summed E-state index contributed by atoms with van der Waals surface area (Å²) in [6, 6.07) is 16.4. The number of hydrogen-bond donors (Lipinski definition) is 2. The number of methoxy groups -OCH3 is 1. The molecule has 0 unspecified atom stereocenters. The van der Waals surface area contributed by atoms with E-state index in [1.165, 1.54) is 13.3 Å². The van der Waals surface area contributed by atoms with Gasteiger partial charge >= 0.3 is 11.8 Å². The van der Waals surface area contributed by atoms with E-state index in [-0.39, 0.29) is 6.61 Å². The SMILES string of the molecule is COc1cc(C=NNC(=O)C(=O)Nc2ccc(C)cc2C)cc(Br)c1OCc1ccccc1Cl. The lowest BCUT2D eigenvalue weighted by molar-refractivity contribution is -0.136. The number of hydrazone groups is 1. The second-order valence-corrected chi connectivity index (χ2v) is 8.65. The molecule has 0 radical (unpaired) electrons. The van der Waals surface area contributed by atoms with Crippen LogP contribution in [0.4, 0.5) is 5.69 Å². The monoisotopic (exact) mass is 543 g/mol. The van der Waals surface area contributed by atoms with Gasteiger partial charge in [0.05, 0.1) is 17.8 Å². The number of halogens is 2. The average molecular weight is 545 g/mol. The molecule has 2 amide bonds. The number of anilines is 1. The molecule has 0 aliphatic heterocycles. The molecule has 34 heavy (non-hydrogen) atoms. The Morgan fingerprint density at radius 1 is 1.09 bits per heavy atom. The summed E-state index contributed by atoms with van der Waals surface area (Å²) in [5.41, 5.74) is 6.16. The third-order valence-corrected chi connectivity index (χ3v) is 5.76. The lowest BCUT2D eigenvalue weighted by atomic mass is 10.1. The first-order valence-electron chi connectivity index (χ1n) is 10.2. The molecule has 3 aromatic carbocycles. The van der Waals surface area contributed by atoms with Crippen molar-refractivity contribution >= 4 is 51.2 Å². The highest BCUT2D eigenvalue weighted by Gasteiger charge is 2.15. The van der Waals surface area contributed by atoms with E-state index in [4.69, 9.17) is 21.1 Å². The van der Waals surface area contributed by atoms with E-state index < -0.39 is 11.8 Å². The van der Waals surface area contributed by atoms with Gasteiger partial charge < -0.3 is 14.8 Å². The summed E-state index contributed by atoms with van der Waals surface area (Å²) in [5.74, 6) is -0.744. The number of amides is 2. The summed E-state index contributed by atoms with van der Waals surface area (Å²) in [7, 11) is 1.52. The van der Waals surface area contributed by atoms with Crippen LogP contribution in [0.25, 0.3) is 0 Å². The van der Waals surface area contributed by atoms with Crippen LogP contribution in [0.15, 0.2) is 64.2 Å². The number of carbonyl (C=O) groups is 2. The predicted octanol–water partition coefficient (Wildman–Crippen LogP) is 5.40. The smallest absolute Gasteiger partial charge is 0.329 e. The topological polar surface area (TPSA) is 89.0 Å². The van der Waals surface area contributed by atoms with Crippen LogP contribution in [-0.2, 0) is 16.2 Å². The number of nitrogens with zero attached hydrogens (tertiary/aromatic N) is 1. The van der Waals surface area contributed by atoms with Crippen molar-refractivity contribution in [3.63, 3.8) is 0 Å².